The number of aliphatic imine (C=N–C) groups is 1. The SMILES string of the molecule is CO/C(C)=N/c1ncn[nH]1. The maximum Gasteiger partial charge on any atom is 0.248 e. The summed E-state index contributed by atoms with van der Waals surface area (Å²) in [7, 11) is 1.55. The summed E-state index contributed by atoms with van der Waals surface area (Å²) in [4.78, 5) is 7.67. The van der Waals surface area contributed by atoms with Crippen LogP contribution in [0.5, 0.6) is 0 Å². The first kappa shape index (κ1) is 6.73. The molecule has 5 nitrogen and oxygen atoms in total. The summed E-state index contributed by atoms with van der Waals surface area (Å²) in [5.41, 5.74) is 0. The van der Waals surface area contributed by atoms with Crippen LogP contribution in [0.4, 0.5) is 5.95 Å². The molecule has 1 heterocycles. The molecular formula is C5H8N4O. The van der Waals surface area contributed by atoms with E-state index in [1.165, 1.54) is 6.33 Å². The summed E-state index contributed by atoms with van der Waals surface area (Å²) < 4.78 is 4.79. The summed E-state index contributed by atoms with van der Waals surface area (Å²) >= 11 is 0. The van der Waals surface area contributed by atoms with Crippen molar-refractivity contribution in [3.63, 3.8) is 0 Å². The van der Waals surface area contributed by atoms with E-state index in [-0.39, 0.29) is 0 Å². The van der Waals surface area contributed by atoms with Gasteiger partial charge in [0.05, 0.1) is 7.11 Å². The van der Waals surface area contributed by atoms with E-state index < -0.39 is 0 Å². The molecule has 0 unspecified atom stereocenters. The average Bonchev–Trinajstić information content (AvgIpc) is 2.40. The van der Waals surface area contributed by atoms with Gasteiger partial charge in [-0.05, 0) is 0 Å². The van der Waals surface area contributed by atoms with Crippen LogP contribution in [-0.2, 0) is 4.74 Å². The van der Waals surface area contributed by atoms with Crippen LogP contribution in [0.25, 0.3) is 0 Å². The second-order valence-corrected chi connectivity index (χ2v) is 1.64. The van der Waals surface area contributed by atoms with Crippen molar-refractivity contribution in [2.45, 2.75) is 6.92 Å². The molecule has 0 radical (unpaired) electrons. The first-order valence-corrected chi connectivity index (χ1v) is 2.77. The van der Waals surface area contributed by atoms with Crippen LogP contribution in [-0.4, -0.2) is 28.2 Å². The number of nitrogens with zero attached hydrogens (tertiary/aromatic N) is 3. The van der Waals surface area contributed by atoms with Gasteiger partial charge in [-0.2, -0.15) is 15.1 Å². The molecule has 0 aliphatic heterocycles. The Labute approximate surface area is 58.2 Å². The third kappa shape index (κ3) is 1.54. The van der Waals surface area contributed by atoms with E-state index in [1.54, 1.807) is 14.0 Å². The number of nitrogens with one attached hydrogen (secondary N) is 1. The highest BCUT2D eigenvalue weighted by Gasteiger charge is 1.91. The Balaban J connectivity index is 2.71. The van der Waals surface area contributed by atoms with Crippen LogP contribution in [0.3, 0.4) is 0 Å². The van der Waals surface area contributed by atoms with Gasteiger partial charge in [0, 0.05) is 6.92 Å². The van der Waals surface area contributed by atoms with E-state index in [0.717, 1.165) is 0 Å². The molecule has 0 atom stereocenters. The molecule has 0 fully saturated rings. The minimum atomic E-state index is 0.458. The van der Waals surface area contributed by atoms with Gasteiger partial charge < -0.3 is 4.74 Å². The summed E-state index contributed by atoms with van der Waals surface area (Å²) in [5.74, 6) is 1.01. The number of rotatable bonds is 1. The molecule has 0 aliphatic rings. The third-order valence-corrected chi connectivity index (χ3v) is 0.961. The zero-order valence-corrected chi connectivity index (χ0v) is 5.83. The summed E-state index contributed by atoms with van der Waals surface area (Å²) in [6.07, 6.45) is 1.39. The molecule has 1 aromatic rings. The largest absolute Gasteiger partial charge is 0.484 e. The molecule has 1 rings (SSSR count). The smallest absolute Gasteiger partial charge is 0.248 e. The van der Waals surface area contributed by atoms with Crippen molar-refractivity contribution in [3.05, 3.63) is 6.33 Å². The summed E-state index contributed by atoms with van der Waals surface area (Å²) in [5, 5.41) is 6.18. The topological polar surface area (TPSA) is 63.2 Å². The summed E-state index contributed by atoms with van der Waals surface area (Å²) in [6, 6.07) is 0. The van der Waals surface area contributed by atoms with Gasteiger partial charge in [-0.15, -0.1) is 0 Å². The van der Waals surface area contributed by atoms with Gasteiger partial charge in [0.2, 0.25) is 5.95 Å². The number of H-pyrrole nitrogens is 1. The van der Waals surface area contributed by atoms with E-state index in [4.69, 9.17) is 4.74 Å². The molecule has 0 saturated carbocycles. The van der Waals surface area contributed by atoms with E-state index in [0.29, 0.717) is 11.8 Å². The second kappa shape index (κ2) is 2.95. The van der Waals surface area contributed by atoms with Crippen LogP contribution in [0.15, 0.2) is 11.3 Å². The molecule has 0 saturated heterocycles. The second-order valence-electron chi connectivity index (χ2n) is 1.64. The minimum Gasteiger partial charge on any atom is -0.484 e. The standard InChI is InChI=1S/C5H8N4O/c1-4(10-2)8-5-6-3-7-9-5/h3H,1-2H3,(H,6,7,9)/b8-4+. The maximum absolute atomic E-state index is 4.79. The van der Waals surface area contributed by atoms with Gasteiger partial charge in [0.25, 0.3) is 0 Å². The van der Waals surface area contributed by atoms with Crippen LogP contribution < -0.4 is 0 Å². The van der Waals surface area contributed by atoms with Crippen molar-refractivity contribution in [1.29, 1.82) is 0 Å². The maximum atomic E-state index is 4.79. The Hall–Kier alpha value is -1.39. The predicted molar refractivity (Wildman–Crippen MR) is 36.2 cm³/mol. The average molecular weight is 140 g/mol. The molecule has 0 spiro atoms. The fraction of sp³-hybridized carbons (Fsp3) is 0.400. The van der Waals surface area contributed by atoms with Crippen LogP contribution in [0, 0.1) is 0 Å². The van der Waals surface area contributed by atoms with E-state index in [9.17, 15) is 0 Å². The normalized spacial score (nSPS) is 11.6. The van der Waals surface area contributed by atoms with Crippen molar-refractivity contribution < 1.29 is 4.74 Å². The van der Waals surface area contributed by atoms with Gasteiger partial charge >= 0.3 is 0 Å². The van der Waals surface area contributed by atoms with Crippen LogP contribution >= 0.6 is 0 Å². The summed E-state index contributed by atoms with van der Waals surface area (Å²) in [6.45, 7) is 1.74. The van der Waals surface area contributed by atoms with Gasteiger partial charge in [-0.25, -0.2) is 5.10 Å². The first-order chi connectivity index (χ1) is 4.83. The number of aromatic nitrogens is 3. The van der Waals surface area contributed by atoms with Crippen LogP contribution in [0.1, 0.15) is 6.92 Å². The van der Waals surface area contributed by atoms with Crippen molar-refractivity contribution >= 4 is 11.8 Å². The number of ether oxygens (including phenoxy) is 1. The van der Waals surface area contributed by atoms with Crippen LogP contribution in [0.2, 0.25) is 0 Å². The van der Waals surface area contributed by atoms with E-state index in [1.807, 2.05) is 0 Å². The molecule has 0 aliphatic carbocycles. The number of hydrogen-bond acceptors (Lipinski definition) is 4. The van der Waals surface area contributed by atoms with Gasteiger partial charge in [0.1, 0.15) is 6.33 Å². The van der Waals surface area contributed by atoms with E-state index >= 15 is 0 Å². The predicted octanol–water partition coefficient (Wildman–Crippen LogP) is 0.501. The van der Waals surface area contributed by atoms with Crippen molar-refractivity contribution in [2.24, 2.45) is 4.99 Å². The lowest BCUT2D eigenvalue weighted by atomic mass is 10.7. The minimum absolute atomic E-state index is 0.458. The number of aromatic amines is 1. The Morgan fingerprint density at radius 1 is 1.80 bits per heavy atom. The van der Waals surface area contributed by atoms with Crippen molar-refractivity contribution in [1.82, 2.24) is 15.2 Å². The monoisotopic (exact) mass is 140 g/mol. The van der Waals surface area contributed by atoms with Crippen molar-refractivity contribution in [2.75, 3.05) is 7.11 Å². The van der Waals surface area contributed by atoms with Crippen molar-refractivity contribution in [3.8, 4) is 0 Å². The lowest BCUT2D eigenvalue weighted by molar-refractivity contribution is 0.400. The van der Waals surface area contributed by atoms with E-state index in [2.05, 4.69) is 20.2 Å². The molecule has 1 aromatic heterocycles. The molecule has 1 N–H and O–H groups in total. The first-order valence-electron chi connectivity index (χ1n) is 2.77. The van der Waals surface area contributed by atoms with Gasteiger partial charge in [0.15, 0.2) is 5.90 Å². The molecule has 10 heavy (non-hydrogen) atoms. The quantitative estimate of drug-likeness (QED) is 0.456. The Morgan fingerprint density at radius 3 is 3.10 bits per heavy atom. The molecule has 0 aromatic carbocycles. The van der Waals surface area contributed by atoms with Gasteiger partial charge in [-0.1, -0.05) is 0 Å². The zero-order chi connectivity index (χ0) is 7.40. The Kier molecular flexibility index (Phi) is 1.99. The molecular weight excluding hydrogens is 132 g/mol. The molecule has 5 heteroatoms. The molecule has 54 valence electrons. The highest BCUT2D eigenvalue weighted by atomic mass is 16.5. The Morgan fingerprint density at radius 2 is 2.60 bits per heavy atom. The Bertz CT molecular complexity index is 216. The zero-order valence-electron chi connectivity index (χ0n) is 5.83. The highest BCUT2D eigenvalue weighted by molar-refractivity contribution is 5.75. The molecule has 0 bridgehead atoms. The lowest BCUT2D eigenvalue weighted by Gasteiger charge is -1.92. The number of methoxy groups -OCH3 is 1. The molecule has 0 amide bonds. The fourth-order valence-corrected chi connectivity index (χ4v) is 0.448. The fourth-order valence-electron chi connectivity index (χ4n) is 0.448. The number of hydrogen-bond donors (Lipinski definition) is 1. The highest BCUT2D eigenvalue weighted by Crippen LogP contribution is 1.98. The van der Waals surface area contributed by atoms with Gasteiger partial charge in [-0.3, -0.25) is 0 Å². The third-order valence-electron chi connectivity index (χ3n) is 0.961. The lowest BCUT2D eigenvalue weighted by Crippen LogP contribution is -1.92.